The highest BCUT2D eigenvalue weighted by atomic mass is 16.6. The summed E-state index contributed by atoms with van der Waals surface area (Å²) in [4.78, 5) is 24.4. The SMILES string of the molecule is C=C/C=C\c1cc(Cn2cc(C(N)=O)c3ccc(C(=O)C(C)C)cc32)ccc1C.CC(O)OC(CO)CC(O)CO. The number of ketones is 1. The van der Waals surface area contributed by atoms with Crippen LogP contribution in [-0.4, -0.2) is 68.4 Å². The summed E-state index contributed by atoms with van der Waals surface area (Å²) >= 11 is 0. The van der Waals surface area contributed by atoms with Gasteiger partial charge in [-0.05, 0) is 42.7 Å². The van der Waals surface area contributed by atoms with Crippen molar-refractivity contribution in [2.45, 2.75) is 59.2 Å². The Morgan fingerprint density at radius 2 is 1.78 bits per heavy atom. The highest BCUT2D eigenvalue weighted by Crippen LogP contribution is 2.25. The number of rotatable bonds is 13. The first-order valence-electron chi connectivity index (χ1n) is 13.5. The first-order valence-corrected chi connectivity index (χ1v) is 13.5. The number of aryl methyl sites for hydroxylation is 1. The van der Waals surface area contributed by atoms with E-state index in [2.05, 4.69) is 31.7 Å². The number of amides is 1. The Kier molecular flexibility index (Phi) is 13.1. The van der Waals surface area contributed by atoms with Gasteiger partial charge in [0.25, 0.3) is 5.91 Å². The average molecular weight is 567 g/mol. The number of aromatic nitrogens is 1. The number of carbonyl (C=O) groups is 2. The number of Topliss-reactive ketones (excluding diaryl/α,β-unsaturated/α-hetero) is 1. The van der Waals surface area contributed by atoms with Gasteiger partial charge in [0.1, 0.15) is 0 Å². The monoisotopic (exact) mass is 566 g/mol. The minimum absolute atomic E-state index is 0.0764. The molecule has 222 valence electrons. The van der Waals surface area contributed by atoms with Gasteiger partial charge in [0.2, 0.25) is 0 Å². The van der Waals surface area contributed by atoms with Gasteiger partial charge in [-0.3, -0.25) is 9.59 Å². The smallest absolute Gasteiger partial charge is 0.250 e. The van der Waals surface area contributed by atoms with Crippen molar-refractivity contribution in [2.75, 3.05) is 13.2 Å². The van der Waals surface area contributed by atoms with E-state index in [1.807, 2.05) is 42.7 Å². The number of benzene rings is 2. The zero-order valence-corrected chi connectivity index (χ0v) is 24.2. The van der Waals surface area contributed by atoms with Crippen molar-refractivity contribution in [1.29, 1.82) is 0 Å². The number of nitrogens with zero attached hydrogens (tertiary/aromatic N) is 1. The largest absolute Gasteiger partial charge is 0.394 e. The Bertz CT molecular complexity index is 1360. The maximum atomic E-state index is 12.5. The molecule has 0 bridgehead atoms. The fourth-order valence-corrected chi connectivity index (χ4v) is 4.27. The van der Waals surface area contributed by atoms with Crippen molar-refractivity contribution >= 4 is 28.7 Å². The minimum atomic E-state index is -0.979. The lowest BCUT2D eigenvalue weighted by Gasteiger charge is -2.19. The maximum absolute atomic E-state index is 12.5. The highest BCUT2D eigenvalue weighted by Gasteiger charge is 2.17. The number of aliphatic hydroxyl groups is 4. The van der Waals surface area contributed by atoms with Crippen LogP contribution in [0.1, 0.15) is 64.6 Å². The van der Waals surface area contributed by atoms with E-state index in [-0.39, 0.29) is 31.3 Å². The third-order valence-electron chi connectivity index (χ3n) is 6.40. The number of primary amides is 1. The molecule has 0 saturated heterocycles. The van der Waals surface area contributed by atoms with Crippen LogP contribution in [0.15, 0.2) is 61.3 Å². The summed E-state index contributed by atoms with van der Waals surface area (Å²) in [5.74, 6) is -0.495. The Morgan fingerprint density at radius 3 is 2.34 bits per heavy atom. The van der Waals surface area contributed by atoms with Gasteiger partial charge in [-0.1, -0.05) is 62.9 Å². The number of aliphatic hydroxyl groups excluding tert-OH is 4. The lowest BCUT2D eigenvalue weighted by molar-refractivity contribution is -0.146. The van der Waals surface area contributed by atoms with Gasteiger partial charge in [-0.2, -0.15) is 0 Å². The van der Waals surface area contributed by atoms with E-state index in [0.29, 0.717) is 17.7 Å². The van der Waals surface area contributed by atoms with E-state index in [9.17, 15) is 9.59 Å². The molecule has 9 heteroatoms. The number of hydrogen-bond acceptors (Lipinski definition) is 7. The Hall–Kier alpha value is -3.60. The first kappa shape index (κ1) is 33.6. The zero-order valence-electron chi connectivity index (χ0n) is 24.2. The molecule has 9 nitrogen and oxygen atoms in total. The highest BCUT2D eigenvalue weighted by molar-refractivity contribution is 6.08. The van der Waals surface area contributed by atoms with E-state index in [1.165, 1.54) is 12.5 Å². The third-order valence-corrected chi connectivity index (χ3v) is 6.40. The fraction of sp³-hybridized carbons (Fsp3) is 0.375. The number of carbonyl (C=O) groups excluding carboxylic acids is 2. The van der Waals surface area contributed by atoms with Crippen LogP contribution in [0.3, 0.4) is 0 Å². The van der Waals surface area contributed by atoms with Gasteiger partial charge in [-0.15, -0.1) is 0 Å². The molecule has 6 N–H and O–H groups in total. The summed E-state index contributed by atoms with van der Waals surface area (Å²) in [5, 5.41) is 35.6. The Balaban J connectivity index is 0.000000415. The molecule has 3 unspecified atom stereocenters. The number of nitrogens with two attached hydrogens (primary N) is 1. The summed E-state index contributed by atoms with van der Waals surface area (Å²) in [5.41, 5.74) is 10.9. The van der Waals surface area contributed by atoms with Crippen LogP contribution in [0.4, 0.5) is 0 Å². The van der Waals surface area contributed by atoms with Gasteiger partial charge < -0.3 is 35.5 Å². The van der Waals surface area contributed by atoms with E-state index < -0.39 is 24.4 Å². The Labute approximate surface area is 241 Å². The molecule has 1 heterocycles. The van der Waals surface area contributed by atoms with Crippen LogP contribution in [0, 0.1) is 12.8 Å². The van der Waals surface area contributed by atoms with Crippen molar-refractivity contribution in [1.82, 2.24) is 4.57 Å². The second-order valence-electron chi connectivity index (χ2n) is 10.2. The number of hydrogen-bond donors (Lipinski definition) is 5. The molecule has 3 rings (SSSR count). The second-order valence-corrected chi connectivity index (χ2v) is 10.2. The molecule has 0 saturated carbocycles. The molecule has 2 aromatic carbocycles. The van der Waals surface area contributed by atoms with E-state index in [0.717, 1.165) is 22.0 Å². The summed E-state index contributed by atoms with van der Waals surface area (Å²) in [6, 6.07) is 11.7. The predicted octanol–water partition coefficient (Wildman–Crippen LogP) is 3.58. The second kappa shape index (κ2) is 16.0. The van der Waals surface area contributed by atoms with Crippen LogP contribution in [0.2, 0.25) is 0 Å². The molecule has 3 atom stereocenters. The fourth-order valence-electron chi connectivity index (χ4n) is 4.27. The van der Waals surface area contributed by atoms with Crippen LogP contribution in [0.5, 0.6) is 0 Å². The van der Waals surface area contributed by atoms with E-state index in [1.54, 1.807) is 18.3 Å². The molecule has 0 aliphatic carbocycles. The molecular weight excluding hydrogens is 524 g/mol. The molecule has 3 aromatic rings. The van der Waals surface area contributed by atoms with Crippen LogP contribution >= 0.6 is 0 Å². The van der Waals surface area contributed by atoms with E-state index in [4.69, 9.17) is 30.9 Å². The molecule has 0 spiro atoms. The minimum Gasteiger partial charge on any atom is -0.394 e. The van der Waals surface area contributed by atoms with Crippen molar-refractivity contribution in [3.63, 3.8) is 0 Å². The van der Waals surface area contributed by atoms with Crippen molar-refractivity contribution in [2.24, 2.45) is 11.7 Å². The lowest BCUT2D eigenvalue weighted by atomic mass is 9.99. The number of fused-ring (bicyclic) bond motifs is 1. The maximum Gasteiger partial charge on any atom is 0.250 e. The summed E-state index contributed by atoms with van der Waals surface area (Å²) in [6.07, 6.45) is 5.03. The molecular formula is C32H42N2O7. The zero-order chi connectivity index (χ0) is 30.7. The standard InChI is InChI=1S/C25H26N2O2.C7H16O5/c1-5-6-7-19-12-18(9-8-17(19)4)14-27-15-22(25(26)29)21-11-10-20(13-23(21)27)24(28)16(2)3;1-5(10)12-7(4-9)2-6(11)3-8/h5-13,15-16H,1,14H2,2-4H3,(H2,26,29);5-11H,2-4H2,1H3/b7-6-;. The predicted molar refractivity (Wildman–Crippen MR) is 160 cm³/mol. The van der Waals surface area contributed by atoms with Gasteiger partial charge in [0, 0.05) is 41.5 Å². The van der Waals surface area contributed by atoms with Gasteiger partial charge in [0.15, 0.2) is 12.1 Å². The molecule has 0 aliphatic heterocycles. The van der Waals surface area contributed by atoms with Crippen LogP contribution in [0.25, 0.3) is 17.0 Å². The average Bonchev–Trinajstić information content (AvgIpc) is 3.30. The van der Waals surface area contributed by atoms with Crippen LogP contribution in [-0.2, 0) is 11.3 Å². The number of ether oxygens (including phenoxy) is 1. The first-order chi connectivity index (χ1) is 19.4. The van der Waals surface area contributed by atoms with Crippen LogP contribution < -0.4 is 5.73 Å². The van der Waals surface area contributed by atoms with E-state index >= 15 is 0 Å². The summed E-state index contributed by atoms with van der Waals surface area (Å²) in [6.45, 7) is 10.9. The molecule has 1 amide bonds. The number of allylic oxidation sites excluding steroid dienone is 2. The van der Waals surface area contributed by atoms with Crippen molar-refractivity contribution < 1.29 is 34.8 Å². The summed E-state index contributed by atoms with van der Waals surface area (Å²) < 4.78 is 6.79. The lowest BCUT2D eigenvalue weighted by Crippen LogP contribution is -2.29. The Morgan fingerprint density at radius 1 is 1.07 bits per heavy atom. The van der Waals surface area contributed by atoms with Gasteiger partial charge >= 0.3 is 0 Å². The molecule has 41 heavy (non-hydrogen) atoms. The molecule has 1 aromatic heterocycles. The molecule has 0 aliphatic rings. The third kappa shape index (κ3) is 9.77. The summed E-state index contributed by atoms with van der Waals surface area (Å²) in [7, 11) is 0. The molecule has 0 fully saturated rings. The normalized spacial score (nSPS) is 13.6. The van der Waals surface area contributed by atoms with Crippen molar-refractivity contribution in [3.8, 4) is 0 Å². The molecule has 0 radical (unpaired) electrons. The van der Waals surface area contributed by atoms with Gasteiger partial charge in [-0.25, -0.2) is 0 Å². The quantitative estimate of drug-likeness (QED) is 0.120. The van der Waals surface area contributed by atoms with Crippen molar-refractivity contribution in [3.05, 3.63) is 89.1 Å². The van der Waals surface area contributed by atoms with Gasteiger partial charge in [0.05, 0.1) is 31.0 Å². The topological polar surface area (TPSA) is 155 Å².